The molecule has 1 amide bonds. The largest absolute Gasteiger partial charge is 0.407 e. The van der Waals surface area contributed by atoms with Crippen molar-refractivity contribution in [3.8, 4) is 0 Å². The highest BCUT2D eigenvalue weighted by Gasteiger charge is 2.19. The second-order valence-electron chi connectivity index (χ2n) is 6.86. The molecule has 4 aromatic rings. The van der Waals surface area contributed by atoms with Crippen LogP contribution >= 0.6 is 11.3 Å². The molecule has 2 aromatic carbocycles. The minimum atomic E-state index is -3.32. The molecule has 0 saturated heterocycles. The predicted octanol–water partition coefficient (Wildman–Crippen LogP) is 3.70. The first-order valence-corrected chi connectivity index (χ1v) is 11.5. The number of sulfone groups is 1. The van der Waals surface area contributed by atoms with Gasteiger partial charge in [-0.15, -0.1) is 16.4 Å². The standard InChI is InChI=1S/C20H18N4O4S2/c1-12(2)30(26,27)14-9-7-13(8-10-14)11-17-23-24-20(28-17)22-18(25)19-21-15-5-3-4-6-16(15)29-19/h3-10,12H,11H2,1-2H3,(H,22,24,25). The molecule has 0 unspecified atom stereocenters. The van der Waals surface area contributed by atoms with Crippen LogP contribution in [-0.4, -0.2) is 34.8 Å². The van der Waals surface area contributed by atoms with Gasteiger partial charge in [-0.05, 0) is 43.7 Å². The van der Waals surface area contributed by atoms with E-state index in [2.05, 4.69) is 20.5 Å². The van der Waals surface area contributed by atoms with E-state index in [-0.39, 0.29) is 10.9 Å². The number of carbonyl (C=O) groups excluding carboxylic acids is 1. The Hall–Kier alpha value is -3.11. The van der Waals surface area contributed by atoms with Gasteiger partial charge >= 0.3 is 6.01 Å². The van der Waals surface area contributed by atoms with E-state index in [4.69, 9.17) is 4.42 Å². The number of hydrogen-bond acceptors (Lipinski definition) is 8. The molecule has 30 heavy (non-hydrogen) atoms. The quantitative estimate of drug-likeness (QED) is 0.484. The Bertz CT molecular complexity index is 1280. The zero-order valence-corrected chi connectivity index (χ0v) is 17.8. The molecule has 0 fully saturated rings. The lowest BCUT2D eigenvalue weighted by molar-refractivity contribution is 0.102. The molecular formula is C20H18N4O4S2. The summed E-state index contributed by atoms with van der Waals surface area (Å²) in [7, 11) is -3.32. The number of hydrogen-bond donors (Lipinski definition) is 1. The highest BCUT2D eigenvalue weighted by atomic mass is 32.2. The second-order valence-corrected chi connectivity index (χ2v) is 10.4. The van der Waals surface area contributed by atoms with Gasteiger partial charge in [0, 0.05) is 0 Å². The van der Waals surface area contributed by atoms with Crippen LogP contribution in [-0.2, 0) is 16.3 Å². The zero-order chi connectivity index (χ0) is 21.3. The average Bonchev–Trinajstić information content (AvgIpc) is 3.35. The number of amides is 1. The smallest absolute Gasteiger partial charge is 0.322 e. The van der Waals surface area contributed by atoms with E-state index in [1.807, 2.05) is 24.3 Å². The van der Waals surface area contributed by atoms with Crippen LogP contribution in [0, 0.1) is 0 Å². The third-order valence-electron chi connectivity index (χ3n) is 4.40. The first-order chi connectivity index (χ1) is 14.3. The molecule has 0 spiro atoms. The summed E-state index contributed by atoms with van der Waals surface area (Å²) < 4.78 is 30.8. The topological polar surface area (TPSA) is 115 Å². The Morgan fingerprint density at radius 1 is 1.10 bits per heavy atom. The number of nitrogens with one attached hydrogen (secondary N) is 1. The highest BCUT2D eigenvalue weighted by Crippen LogP contribution is 2.23. The van der Waals surface area contributed by atoms with E-state index in [1.54, 1.807) is 38.1 Å². The van der Waals surface area contributed by atoms with Crippen molar-refractivity contribution in [3.05, 3.63) is 65.0 Å². The van der Waals surface area contributed by atoms with Crippen LogP contribution in [0.4, 0.5) is 6.01 Å². The van der Waals surface area contributed by atoms with Crippen LogP contribution in [0.1, 0.15) is 35.1 Å². The predicted molar refractivity (Wildman–Crippen MR) is 113 cm³/mol. The molecule has 0 atom stereocenters. The number of nitrogens with zero attached hydrogens (tertiary/aromatic N) is 3. The van der Waals surface area contributed by atoms with Crippen molar-refractivity contribution in [2.24, 2.45) is 0 Å². The molecule has 2 aromatic heterocycles. The molecule has 0 saturated carbocycles. The van der Waals surface area contributed by atoms with Crippen molar-refractivity contribution in [1.82, 2.24) is 15.2 Å². The van der Waals surface area contributed by atoms with Crippen LogP contribution in [0.2, 0.25) is 0 Å². The fourth-order valence-corrected chi connectivity index (χ4v) is 4.66. The molecule has 1 N–H and O–H groups in total. The molecule has 0 bridgehead atoms. The summed E-state index contributed by atoms with van der Waals surface area (Å²) in [6, 6.07) is 14.0. The minimum Gasteiger partial charge on any atom is -0.407 e. The van der Waals surface area contributed by atoms with Crippen molar-refractivity contribution in [2.45, 2.75) is 30.4 Å². The molecule has 4 rings (SSSR count). The molecule has 8 nitrogen and oxygen atoms in total. The van der Waals surface area contributed by atoms with Gasteiger partial charge in [0.15, 0.2) is 14.8 Å². The van der Waals surface area contributed by atoms with Gasteiger partial charge in [-0.1, -0.05) is 29.4 Å². The minimum absolute atomic E-state index is 0.0201. The fraction of sp³-hybridized carbons (Fsp3) is 0.200. The Kier molecular flexibility index (Phi) is 5.35. The number of thiazole rings is 1. The maximum atomic E-state index is 12.4. The molecule has 0 aliphatic heterocycles. The SMILES string of the molecule is CC(C)S(=O)(=O)c1ccc(Cc2nnc(NC(=O)c3nc4ccccc4s3)o2)cc1. The number of carbonyl (C=O) groups is 1. The summed E-state index contributed by atoms with van der Waals surface area (Å²) in [5.41, 5.74) is 1.56. The lowest BCUT2D eigenvalue weighted by atomic mass is 10.1. The van der Waals surface area contributed by atoms with Gasteiger partial charge < -0.3 is 4.42 Å². The van der Waals surface area contributed by atoms with Gasteiger partial charge in [0.2, 0.25) is 5.89 Å². The maximum Gasteiger partial charge on any atom is 0.322 e. The lowest BCUT2D eigenvalue weighted by Gasteiger charge is -2.08. The van der Waals surface area contributed by atoms with Crippen molar-refractivity contribution >= 4 is 43.3 Å². The first kappa shape index (κ1) is 20.2. The summed E-state index contributed by atoms with van der Waals surface area (Å²) in [6.07, 6.45) is 0.312. The third kappa shape index (κ3) is 4.10. The third-order valence-corrected chi connectivity index (χ3v) is 7.61. The number of rotatable bonds is 6. The van der Waals surface area contributed by atoms with Crippen molar-refractivity contribution < 1.29 is 17.6 Å². The van der Waals surface area contributed by atoms with Gasteiger partial charge in [0.05, 0.1) is 26.8 Å². The number of benzene rings is 2. The van der Waals surface area contributed by atoms with Crippen molar-refractivity contribution in [3.63, 3.8) is 0 Å². The summed E-state index contributed by atoms with van der Waals surface area (Å²) in [4.78, 5) is 17.0. The summed E-state index contributed by atoms with van der Waals surface area (Å²) in [5.74, 6) is -0.122. The van der Waals surface area contributed by atoms with Crippen LogP contribution in [0.15, 0.2) is 57.8 Å². The van der Waals surface area contributed by atoms with E-state index in [0.29, 0.717) is 17.3 Å². The summed E-state index contributed by atoms with van der Waals surface area (Å²) >= 11 is 1.28. The number of para-hydroxylation sites is 1. The van der Waals surface area contributed by atoms with Crippen LogP contribution in [0.5, 0.6) is 0 Å². The first-order valence-electron chi connectivity index (χ1n) is 9.15. The molecule has 10 heteroatoms. The fourth-order valence-electron chi connectivity index (χ4n) is 2.74. The summed E-state index contributed by atoms with van der Waals surface area (Å²) in [6.45, 7) is 3.29. The van der Waals surface area contributed by atoms with Gasteiger partial charge in [-0.3, -0.25) is 10.1 Å². The van der Waals surface area contributed by atoms with Gasteiger partial charge in [-0.2, -0.15) is 0 Å². The maximum absolute atomic E-state index is 12.4. The zero-order valence-electron chi connectivity index (χ0n) is 16.2. The van der Waals surface area contributed by atoms with Gasteiger partial charge in [-0.25, -0.2) is 13.4 Å². The van der Waals surface area contributed by atoms with Crippen LogP contribution < -0.4 is 5.32 Å². The van der Waals surface area contributed by atoms with E-state index in [1.165, 1.54) is 11.3 Å². The Morgan fingerprint density at radius 2 is 1.83 bits per heavy atom. The highest BCUT2D eigenvalue weighted by molar-refractivity contribution is 7.92. The molecular weight excluding hydrogens is 424 g/mol. The van der Waals surface area contributed by atoms with Gasteiger partial charge in [0.1, 0.15) is 0 Å². The average molecular weight is 443 g/mol. The lowest BCUT2D eigenvalue weighted by Crippen LogP contribution is -2.13. The van der Waals surface area contributed by atoms with Crippen LogP contribution in [0.25, 0.3) is 10.2 Å². The monoisotopic (exact) mass is 442 g/mol. The van der Waals surface area contributed by atoms with Crippen molar-refractivity contribution in [2.75, 3.05) is 5.32 Å². The van der Waals surface area contributed by atoms with E-state index >= 15 is 0 Å². The van der Waals surface area contributed by atoms with E-state index in [9.17, 15) is 13.2 Å². The number of anilines is 1. The van der Waals surface area contributed by atoms with Gasteiger partial charge in [0.25, 0.3) is 5.91 Å². The van der Waals surface area contributed by atoms with E-state index in [0.717, 1.165) is 15.8 Å². The van der Waals surface area contributed by atoms with Crippen molar-refractivity contribution in [1.29, 1.82) is 0 Å². The second kappa shape index (κ2) is 7.96. The number of aromatic nitrogens is 3. The normalized spacial score (nSPS) is 11.8. The molecule has 0 aliphatic rings. The molecule has 154 valence electrons. The number of fused-ring (bicyclic) bond motifs is 1. The van der Waals surface area contributed by atoms with E-state index < -0.39 is 21.0 Å². The Morgan fingerprint density at radius 3 is 2.53 bits per heavy atom. The molecule has 2 heterocycles. The van der Waals surface area contributed by atoms with Crippen LogP contribution in [0.3, 0.4) is 0 Å². The molecule has 0 aliphatic carbocycles. The molecule has 0 radical (unpaired) electrons. The Balaban J connectivity index is 1.43. The Labute approximate surface area is 176 Å². The summed E-state index contributed by atoms with van der Waals surface area (Å²) in [5, 5.41) is 10.2.